The summed E-state index contributed by atoms with van der Waals surface area (Å²) in [5.41, 5.74) is 0. The van der Waals surface area contributed by atoms with Gasteiger partial charge in [-0.05, 0) is 39.8 Å². The maximum absolute atomic E-state index is 13.1. The fourth-order valence-corrected chi connectivity index (χ4v) is 7.28. The molecule has 4 nitrogen and oxygen atoms in total. The van der Waals surface area contributed by atoms with Crippen LogP contribution in [0.5, 0.6) is 0 Å². The smallest absolute Gasteiger partial charge is 0.270 e. The molecule has 2 aliphatic carbocycles. The van der Waals surface area contributed by atoms with Gasteiger partial charge in [0.25, 0.3) is 7.59 Å². The molecule has 0 aliphatic heterocycles. The Labute approximate surface area is 128 Å². The zero-order chi connectivity index (χ0) is 14.4. The predicted molar refractivity (Wildman–Crippen MR) is 88.9 cm³/mol. The van der Waals surface area contributed by atoms with Crippen LogP contribution in [-0.2, 0) is 4.57 Å². The highest BCUT2D eigenvalue weighted by atomic mass is 32.2. The summed E-state index contributed by atoms with van der Waals surface area (Å²) in [6.45, 7) is 0. The van der Waals surface area contributed by atoms with E-state index >= 15 is 0 Å². The van der Waals surface area contributed by atoms with Gasteiger partial charge in [-0.1, -0.05) is 50.5 Å². The van der Waals surface area contributed by atoms with Crippen molar-refractivity contribution in [2.24, 2.45) is 0 Å². The lowest BCUT2D eigenvalue weighted by Gasteiger charge is -2.40. The van der Waals surface area contributed by atoms with Crippen molar-refractivity contribution in [3.8, 4) is 0 Å². The van der Waals surface area contributed by atoms with E-state index in [0.29, 0.717) is 11.3 Å². The van der Waals surface area contributed by atoms with Crippen molar-refractivity contribution in [1.82, 2.24) is 14.3 Å². The highest BCUT2D eigenvalue weighted by molar-refractivity contribution is 8.02. The third kappa shape index (κ3) is 4.23. The Morgan fingerprint density at radius 3 is 1.90 bits per heavy atom. The minimum absolute atomic E-state index is 0.460. The predicted octanol–water partition coefficient (Wildman–Crippen LogP) is 4.15. The molecule has 0 saturated heterocycles. The molecule has 2 N–H and O–H groups in total. The molecule has 0 aromatic heterocycles. The standard InChI is InChI=1S/C14H30N3OPS/c1-15-19(18,16-2)17(13-9-5-3-6-10-13)20-14-11-7-4-8-12-14/h13-14H,3-12H2,1-2H3,(H2,15,16,18). The van der Waals surface area contributed by atoms with Crippen LogP contribution < -0.4 is 10.2 Å². The molecule has 2 rings (SSSR count). The van der Waals surface area contributed by atoms with Gasteiger partial charge >= 0.3 is 0 Å². The van der Waals surface area contributed by atoms with Crippen LogP contribution >= 0.6 is 19.5 Å². The summed E-state index contributed by atoms with van der Waals surface area (Å²) in [7, 11) is 0.998. The second kappa shape index (κ2) is 8.19. The first-order valence-electron chi connectivity index (χ1n) is 8.14. The largest absolute Gasteiger partial charge is 0.290 e. The van der Waals surface area contributed by atoms with Crippen LogP contribution in [0.2, 0.25) is 0 Å². The van der Waals surface area contributed by atoms with Gasteiger partial charge in [0, 0.05) is 11.3 Å². The first-order valence-corrected chi connectivity index (χ1v) is 10.6. The summed E-state index contributed by atoms with van der Waals surface area (Å²) < 4.78 is 15.3. The Kier molecular flexibility index (Phi) is 6.89. The Morgan fingerprint density at radius 1 is 0.900 bits per heavy atom. The summed E-state index contributed by atoms with van der Waals surface area (Å²) >= 11 is 1.87. The minimum atomic E-state index is -2.63. The van der Waals surface area contributed by atoms with Crippen molar-refractivity contribution in [3.05, 3.63) is 0 Å². The van der Waals surface area contributed by atoms with Gasteiger partial charge in [0.05, 0.1) is 0 Å². The van der Waals surface area contributed by atoms with Crippen molar-refractivity contribution < 1.29 is 4.57 Å². The lowest BCUT2D eigenvalue weighted by Crippen LogP contribution is -2.38. The van der Waals surface area contributed by atoms with E-state index in [2.05, 4.69) is 14.3 Å². The van der Waals surface area contributed by atoms with Gasteiger partial charge in [-0.25, -0.2) is 10.2 Å². The van der Waals surface area contributed by atoms with Gasteiger partial charge in [-0.15, -0.1) is 0 Å². The van der Waals surface area contributed by atoms with Gasteiger partial charge in [-0.2, -0.15) is 4.08 Å². The number of rotatable bonds is 6. The van der Waals surface area contributed by atoms with E-state index < -0.39 is 7.59 Å². The van der Waals surface area contributed by atoms with Gasteiger partial charge in [-0.3, -0.25) is 4.57 Å². The molecule has 0 bridgehead atoms. The molecule has 118 valence electrons. The topological polar surface area (TPSA) is 44.4 Å². The summed E-state index contributed by atoms with van der Waals surface area (Å²) in [5, 5.41) is 6.78. The lowest BCUT2D eigenvalue weighted by atomic mass is 9.96. The molecule has 2 saturated carbocycles. The maximum Gasteiger partial charge on any atom is 0.290 e. The molecule has 0 aromatic rings. The van der Waals surface area contributed by atoms with Gasteiger partial charge in [0.15, 0.2) is 0 Å². The average Bonchev–Trinajstić information content (AvgIpc) is 2.54. The van der Waals surface area contributed by atoms with Crippen molar-refractivity contribution in [1.29, 1.82) is 0 Å². The van der Waals surface area contributed by atoms with E-state index in [4.69, 9.17) is 0 Å². The Balaban J connectivity index is 2.07. The van der Waals surface area contributed by atoms with Crippen LogP contribution in [0.15, 0.2) is 0 Å². The first-order chi connectivity index (χ1) is 9.69. The molecule has 2 aliphatic rings. The Hall–Kier alpha value is 0.460. The fourth-order valence-electron chi connectivity index (χ4n) is 3.32. The lowest BCUT2D eigenvalue weighted by molar-refractivity contribution is 0.337. The van der Waals surface area contributed by atoms with Crippen molar-refractivity contribution in [2.45, 2.75) is 75.5 Å². The fraction of sp³-hybridized carbons (Fsp3) is 1.00. The molecule has 20 heavy (non-hydrogen) atoms. The summed E-state index contributed by atoms with van der Waals surface area (Å²) in [6.07, 6.45) is 12.9. The Bertz CT molecular complexity index is 322. The highest BCUT2D eigenvalue weighted by Gasteiger charge is 2.37. The third-order valence-electron chi connectivity index (χ3n) is 4.58. The van der Waals surface area contributed by atoms with Gasteiger partial charge < -0.3 is 0 Å². The second-order valence-electron chi connectivity index (χ2n) is 5.98. The van der Waals surface area contributed by atoms with Gasteiger partial charge in [0.1, 0.15) is 0 Å². The normalized spacial score (nSPS) is 23.4. The molecule has 0 aromatic carbocycles. The molecule has 0 heterocycles. The molecular weight excluding hydrogens is 289 g/mol. The van der Waals surface area contributed by atoms with Crippen LogP contribution in [0.4, 0.5) is 0 Å². The number of hydrogen-bond donors (Lipinski definition) is 2. The number of nitrogens with zero attached hydrogens (tertiary/aromatic N) is 1. The summed E-state index contributed by atoms with van der Waals surface area (Å²) in [6, 6.07) is 0.460. The molecule has 0 atom stereocenters. The van der Waals surface area contributed by atoms with Crippen LogP contribution in [-0.4, -0.2) is 29.5 Å². The Morgan fingerprint density at radius 2 is 1.40 bits per heavy atom. The van der Waals surface area contributed by atoms with Crippen LogP contribution in [0, 0.1) is 0 Å². The summed E-state index contributed by atoms with van der Waals surface area (Å²) in [4.78, 5) is 0. The van der Waals surface area contributed by atoms with Crippen molar-refractivity contribution >= 4 is 19.5 Å². The third-order valence-corrected chi connectivity index (χ3v) is 8.93. The van der Waals surface area contributed by atoms with E-state index in [1.165, 1.54) is 64.2 Å². The molecule has 0 unspecified atom stereocenters. The molecule has 0 amide bonds. The van der Waals surface area contributed by atoms with E-state index in [0.717, 1.165) is 0 Å². The van der Waals surface area contributed by atoms with Crippen molar-refractivity contribution in [2.75, 3.05) is 14.1 Å². The van der Waals surface area contributed by atoms with Crippen LogP contribution in [0.25, 0.3) is 0 Å². The zero-order valence-electron chi connectivity index (χ0n) is 12.9. The first kappa shape index (κ1) is 16.8. The summed E-state index contributed by atoms with van der Waals surface area (Å²) in [5.74, 6) is 0. The quantitative estimate of drug-likeness (QED) is 0.569. The zero-order valence-corrected chi connectivity index (χ0v) is 14.6. The number of nitrogens with one attached hydrogen (secondary N) is 2. The average molecular weight is 319 g/mol. The van der Waals surface area contributed by atoms with E-state index in [9.17, 15) is 4.57 Å². The van der Waals surface area contributed by atoms with E-state index in [1.807, 2.05) is 26.0 Å². The molecule has 0 spiro atoms. The highest BCUT2D eigenvalue weighted by Crippen LogP contribution is 2.51. The molecule has 6 heteroatoms. The maximum atomic E-state index is 13.1. The van der Waals surface area contributed by atoms with Crippen molar-refractivity contribution in [3.63, 3.8) is 0 Å². The molecule has 2 fully saturated rings. The van der Waals surface area contributed by atoms with Gasteiger partial charge in [0.2, 0.25) is 0 Å². The minimum Gasteiger partial charge on any atom is -0.270 e. The number of hydrogen-bond acceptors (Lipinski definition) is 2. The van der Waals surface area contributed by atoms with Crippen LogP contribution in [0.1, 0.15) is 64.2 Å². The second-order valence-corrected chi connectivity index (χ2v) is 10.0. The van der Waals surface area contributed by atoms with Crippen LogP contribution in [0.3, 0.4) is 0 Å². The molecule has 0 radical (unpaired) electrons. The SMILES string of the molecule is CNP(=O)(NC)N(SC1CCCCC1)C1CCCCC1. The monoisotopic (exact) mass is 319 g/mol. The van der Waals surface area contributed by atoms with E-state index in [-0.39, 0.29) is 0 Å². The molecular formula is C14H30N3OPS. The van der Waals surface area contributed by atoms with E-state index in [1.54, 1.807) is 0 Å².